The van der Waals surface area contributed by atoms with Crippen molar-refractivity contribution in [2.75, 3.05) is 32.2 Å². The van der Waals surface area contributed by atoms with Crippen LogP contribution in [0, 0.1) is 5.41 Å². The van der Waals surface area contributed by atoms with Gasteiger partial charge in [-0.15, -0.1) is 0 Å². The number of aliphatic hydroxyl groups excluding tert-OH is 3. The van der Waals surface area contributed by atoms with Crippen LogP contribution in [0.1, 0.15) is 12.8 Å². The van der Waals surface area contributed by atoms with Gasteiger partial charge in [0.2, 0.25) is 0 Å². The molecule has 0 heterocycles. The first-order valence-corrected chi connectivity index (χ1v) is 5.36. The molecule has 5 nitrogen and oxygen atoms in total. The number of esters is 1. The molecule has 0 saturated carbocycles. The standard InChI is InChI=1S/C9H18O5S/c10-5-9(6-11,7-12)2-3-14-8(13)1-4-15/h10-12,15H,1-7H2. The highest BCUT2D eigenvalue weighted by Gasteiger charge is 2.28. The predicted octanol–water partition coefficient (Wildman–Crippen LogP) is -0.797. The summed E-state index contributed by atoms with van der Waals surface area (Å²) in [4.78, 5) is 10.9. The Morgan fingerprint density at radius 2 is 1.73 bits per heavy atom. The molecule has 6 heteroatoms. The van der Waals surface area contributed by atoms with E-state index in [1.807, 2.05) is 0 Å². The molecule has 0 rings (SSSR count). The van der Waals surface area contributed by atoms with E-state index in [4.69, 9.17) is 20.1 Å². The smallest absolute Gasteiger partial charge is 0.306 e. The van der Waals surface area contributed by atoms with E-state index in [0.29, 0.717) is 5.75 Å². The molecule has 0 spiro atoms. The van der Waals surface area contributed by atoms with Gasteiger partial charge in [0.05, 0.1) is 32.8 Å². The van der Waals surface area contributed by atoms with Crippen molar-refractivity contribution >= 4 is 18.6 Å². The van der Waals surface area contributed by atoms with Crippen molar-refractivity contribution in [1.82, 2.24) is 0 Å². The molecule has 0 aliphatic rings. The number of thiol groups is 1. The topological polar surface area (TPSA) is 87.0 Å². The van der Waals surface area contributed by atoms with Crippen LogP contribution < -0.4 is 0 Å². The van der Waals surface area contributed by atoms with Crippen molar-refractivity contribution < 1.29 is 24.9 Å². The summed E-state index contributed by atoms with van der Waals surface area (Å²) in [5.74, 6) is 0.0528. The molecule has 90 valence electrons. The molecule has 0 aliphatic heterocycles. The van der Waals surface area contributed by atoms with E-state index in [-0.39, 0.29) is 45.2 Å². The van der Waals surface area contributed by atoms with E-state index in [2.05, 4.69) is 12.6 Å². The molecule has 0 atom stereocenters. The van der Waals surface area contributed by atoms with Gasteiger partial charge in [0.1, 0.15) is 0 Å². The lowest BCUT2D eigenvalue weighted by atomic mass is 9.88. The maximum absolute atomic E-state index is 10.9. The average Bonchev–Trinajstić information content (AvgIpc) is 2.25. The molecule has 3 N–H and O–H groups in total. The second kappa shape index (κ2) is 7.92. The predicted molar refractivity (Wildman–Crippen MR) is 57.7 cm³/mol. The molecular weight excluding hydrogens is 220 g/mol. The molecule has 0 unspecified atom stereocenters. The summed E-state index contributed by atoms with van der Waals surface area (Å²) in [5.41, 5.74) is -0.971. The van der Waals surface area contributed by atoms with Gasteiger partial charge in [0.15, 0.2) is 0 Å². The summed E-state index contributed by atoms with van der Waals surface area (Å²) in [6, 6.07) is 0. The Labute approximate surface area is 94.5 Å². The molecule has 0 aromatic rings. The number of ether oxygens (including phenoxy) is 1. The number of hydrogen-bond acceptors (Lipinski definition) is 6. The molecule has 0 aliphatic carbocycles. The Kier molecular flexibility index (Phi) is 7.76. The molecule has 0 saturated heterocycles. The third kappa shape index (κ3) is 5.36. The van der Waals surface area contributed by atoms with Gasteiger partial charge >= 0.3 is 5.97 Å². The molecule has 0 radical (unpaired) electrons. The lowest BCUT2D eigenvalue weighted by Gasteiger charge is -2.26. The van der Waals surface area contributed by atoms with Gasteiger partial charge < -0.3 is 20.1 Å². The number of carbonyl (C=O) groups excluding carboxylic acids is 1. The maximum Gasteiger partial charge on any atom is 0.306 e. The lowest BCUT2D eigenvalue weighted by molar-refractivity contribution is -0.144. The summed E-state index contributed by atoms with van der Waals surface area (Å²) in [6.07, 6.45) is 0.461. The van der Waals surface area contributed by atoms with Crippen LogP contribution in [0.5, 0.6) is 0 Å². The van der Waals surface area contributed by atoms with E-state index < -0.39 is 5.41 Å². The lowest BCUT2D eigenvalue weighted by Crippen LogP contribution is -2.35. The number of carbonyl (C=O) groups is 1. The number of rotatable bonds is 8. The first-order chi connectivity index (χ1) is 7.14. The quantitative estimate of drug-likeness (QED) is 0.329. The van der Waals surface area contributed by atoms with Gasteiger partial charge in [-0.05, 0) is 6.42 Å². The maximum atomic E-state index is 10.9. The van der Waals surface area contributed by atoms with E-state index in [1.54, 1.807) is 0 Å². The molecular formula is C9H18O5S. The van der Waals surface area contributed by atoms with Crippen LogP contribution in [-0.4, -0.2) is 53.5 Å². The highest BCUT2D eigenvalue weighted by atomic mass is 32.1. The van der Waals surface area contributed by atoms with Crippen molar-refractivity contribution in [3.8, 4) is 0 Å². The zero-order chi connectivity index (χ0) is 11.7. The fourth-order valence-electron chi connectivity index (χ4n) is 0.932. The van der Waals surface area contributed by atoms with Crippen LogP contribution in [0.2, 0.25) is 0 Å². The largest absolute Gasteiger partial charge is 0.466 e. The zero-order valence-corrected chi connectivity index (χ0v) is 9.45. The Morgan fingerprint density at radius 1 is 1.20 bits per heavy atom. The van der Waals surface area contributed by atoms with Gasteiger partial charge in [0, 0.05) is 11.2 Å². The highest BCUT2D eigenvalue weighted by Crippen LogP contribution is 2.19. The third-order valence-electron chi connectivity index (χ3n) is 2.22. The van der Waals surface area contributed by atoms with Crippen LogP contribution in [0.4, 0.5) is 0 Å². The monoisotopic (exact) mass is 238 g/mol. The normalized spacial score (nSPS) is 11.5. The minimum atomic E-state index is -0.971. The van der Waals surface area contributed by atoms with Crippen LogP contribution >= 0.6 is 12.6 Å². The third-order valence-corrected chi connectivity index (χ3v) is 2.44. The average molecular weight is 238 g/mol. The summed E-state index contributed by atoms with van der Waals surface area (Å²) < 4.78 is 4.82. The first-order valence-electron chi connectivity index (χ1n) is 4.73. The summed E-state index contributed by atoms with van der Waals surface area (Å²) >= 11 is 3.87. The minimum Gasteiger partial charge on any atom is -0.466 e. The molecule has 15 heavy (non-hydrogen) atoms. The number of aliphatic hydroxyl groups is 3. The second-order valence-electron chi connectivity index (χ2n) is 3.42. The van der Waals surface area contributed by atoms with E-state index >= 15 is 0 Å². The number of hydrogen-bond donors (Lipinski definition) is 4. The van der Waals surface area contributed by atoms with Gasteiger partial charge in [0.25, 0.3) is 0 Å². The molecule has 0 aromatic heterocycles. The Morgan fingerprint density at radius 3 is 2.13 bits per heavy atom. The van der Waals surface area contributed by atoms with E-state index in [1.165, 1.54) is 0 Å². The summed E-state index contributed by atoms with van der Waals surface area (Å²) in [5, 5.41) is 26.9. The molecule has 0 fully saturated rings. The van der Waals surface area contributed by atoms with Crippen molar-refractivity contribution in [3.05, 3.63) is 0 Å². The van der Waals surface area contributed by atoms with E-state index in [9.17, 15) is 4.79 Å². The van der Waals surface area contributed by atoms with Gasteiger partial charge in [-0.25, -0.2) is 0 Å². The zero-order valence-electron chi connectivity index (χ0n) is 8.56. The summed E-state index contributed by atoms with van der Waals surface area (Å²) in [7, 11) is 0. The highest BCUT2D eigenvalue weighted by molar-refractivity contribution is 7.80. The molecule has 0 amide bonds. The van der Waals surface area contributed by atoms with Gasteiger partial charge in [-0.3, -0.25) is 4.79 Å². The van der Waals surface area contributed by atoms with Gasteiger partial charge in [-0.2, -0.15) is 12.6 Å². The Bertz CT molecular complexity index is 173. The van der Waals surface area contributed by atoms with Crippen LogP contribution in [-0.2, 0) is 9.53 Å². The van der Waals surface area contributed by atoms with Crippen LogP contribution in [0.15, 0.2) is 0 Å². The van der Waals surface area contributed by atoms with E-state index in [0.717, 1.165) is 0 Å². The Hall–Kier alpha value is -0.300. The van der Waals surface area contributed by atoms with Crippen molar-refractivity contribution in [3.63, 3.8) is 0 Å². The fourth-order valence-corrected chi connectivity index (χ4v) is 1.11. The minimum absolute atomic E-state index is 0.0777. The molecule has 0 aromatic carbocycles. The fraction of sp³-hybridized carbons (Fsp3) is 0.889. The second-order valence-corrected chi connectivity index (χ2v) is 3.87. The van der Waals surface area contributed by atoms with Crippen molar-refractivity contribution in [2.24, 2.45) is 5.41 Å². The summed E-state index contributed by atoms with van der Waals surface area (Å²) in [6.45, 7) is -0.952. The SMILES string of the molecule is O=C(CCS)OCCC(CO)(CO)CO. The first kappa shape index (κ1) is 14.7. The van der Waals surface area contributed by atoms with Crippen LogP contribution in [0.3, 0.4) is 0 Å². The van der Waals surface area contributed by atoms with Gasteiger partial charge in [-0.1, -0.05) is 0 Å². The van der Waals surface area contributed by atoms with Crippen molar-refractivity contribution in [2.45, 2.75) is 12.8 Å². The molecule has 0 bridgehead atoms. The van der Waals surface area contributed by atoms with Crippen LogP contribution in [0.25, 0.3) is 0 Å². The Balaban J connectivity index is 3.85. The van der Waals surface area contributed by atoms with Crippen molar-refractivity contribution in [1.29, 1.82) is 0 Å².